The maximum atomic E-state index is 12.4. The molecule has 2 atom stereocenters. The van der Waals surface area contributed by atoms with Crippen molar-refractivity contribution in [1.82, 2.24) is 5.32 Å². The van der Waals surface area contributed by atoms with E-state index < -0.39 is 32.6 Å². The summed E-state index contributed by atoms with van der Waals surface area (Å²) in [7, 11) is -4.68. The van der Waals surface area contributed by atoms with Gasteiger partial charge in [0.05, 0.1) is 5.92 Å². The molecule has 0 aromatic rings. The van der Waals surface area contributed by atoms with Crippen molar-refractivity contribution in [3.63, 3.8) is 0 Å². The van der Waals surface area contributed by atoms with Crippen molar-refractivity contribution in [2.75, 3.05) is 0 Å². The number of amides is 2. The van der Waals surface area contributed by atoms with Crippen LogP contribution in [0.1, 0.15) is 104 Å². The zero-order chi connectivity index (χ0) is 20.3. The molecule has 0 aromatic carbocycles. The molecule has 1 aliphatic rings. The highest BCUT2D eigenvalue weighted by molar-refractivity contribution is 7.88. The number of hydrogen-bond acceptors (Lipinski definition) is 4. The molecule has 1 saturated heterocycles. The van der Waals surface area contributed by atoms with E-state index in [0.29, 0.717) is 19.3 Å². The van der Waals surface area contributed by atoms with Crippen LogP contribution in [0.2, 0.25) is 0 Å². The third-order valence-corrected chi connectivity index (χ3v) is 7.30. The number of hydrogen-bond donors (Lipinski definition) is 2. The molecule has 27 heavy (non-hydrogen) atoms. The van der Waals surface area contributed by atoms with Gasteiger partial charge >= 0.3 is 0 Å². The molecule has 0 bridgehead atoms. The van der Waals surface area contributed by atoms with Crippen LogP contribution in [0.4, 0.5) is 0 Å². The SMILES string of the molecule is CCCCCCCCC1C(=O)NC(=O)C1(CCCCCCCC)S(=O)(=O)O. The highest BCUT2D eigenvalue weighted by Gasteiger charge is 2.62. The maximum absolute atomic E-state index is 12.4. The molecule has 2 amide bonds. The zero-order valence-electron chi connectivity index (χ0n) is 17.0. The molecule has 0 aliphatic carbocycles. The molecule has 1 heterocycles. The minimum Gasteiger partial charge on any atom is -0.295 e. The smallest absolute Gasteiger partial charge is 0.280 e. The molecule has 0 spiro atoms. The first-order chi connectivity index (χ1) is 12.8. The van der Waals surface area contributed by atoms with E-state index in [2.05, 4.69) is 19.2 Å². The first-order valence-corrected chi connectivity index (χ1v) is 12.1. The molecule has 0 saturated carbocycles. The Hall–Kier alpha value is -0.950. The standard InChI is InChI=1S/C20H37NO5S/c1-3-5-7-9-11-13-15-17-18(22)21-19(23)20(17,27(24,25)26)16-14-12-10-8-6-4-2/h17H,3-16H2,1-2H3,(H,21,22,23)(H,24,25,26). The van der Waals surface area contributed by atoms with Gasteiger partial charge in [0.2, 0.25) is 5.91 Å². The average molecular weight is 404 g/mol. The largest absolute Gasteiger partial charge is 0.295 e. The molecule has 158 valence electrons. The van der Waals surface area contributed by atoms with Gasteiger partial charge in [-0.15, -0.1) is 0 Å². The van der Waals surface area contributed by atoms with Gasteiger partial charge in [-0.3, -0.25) is 19.5 Å². The Morgan fingerprint density at radius 1 is 0.852 bits per heavy atom. The fourth-order valence-corrected chi connectivity index (χ4v) is 5.32. The molecule has 1 fully saturated rings. The van der Waals surface area contributed by atoms with Crippen LogP contribution in [-0.2, 0) is 19.7 Å². The Kier molecular flexibility index (Phi) is 10.5. The summed E-state index contributed by atoms with van der Waals surface area (Å²) in [5.74, 6) is -2.39. The summed E-state index contributed by atoms with van der Waals surface area (Å²) in [6, 6.07) is 0. The lowest BCUT2D eigenvalue weighted by atomic mass is 9.84. The van der Waals surface area contributed by atoms with Gasteiger partial charge in [-0.2, -0.15) is 8.42 Å². The van der Waals surface area contributed by atoms with E-state index in [9.17, 15) is 22.6 Å². The van der Waals surface area contributed by atoms with Crippen molar-refractivity contribution in [2.45, 2.75) is 108 Å². The molecule has 0 radical (unpaired) electrons. The summed E-state index contributed by atoms with van der Waals surface area (Å²) < 4.78 is 32.3. The van der Waals surface area contributed by atoms with Crippen LogP contribution in [0.15, 0.2) is 0 Å². The third kappa shape index (κ3) is 6.56. The minimum absolute atomic E-state index is 0.00995. The van der Waals surface area contributed by atoms with Gasteiger partial charge in [0.15, 0.2) is 4.75 Å². The number of imide groups is 1. The minimum atomic E-state index is -4.68. The Labute approximate surface area is 164 Å². The van der Waals surface area contributed by atoms with E-state index in [1.807, 2.05) is 0 Å². The molecular formula is C20H37NO5S. The molecule has 0 aromatic heterocycles. The predicted octanol–water partition coefficient (Wildman–Crippen LogP) is 4.39. The summed E-state index contributed by atoms with van der Waals surface area (Å²) in [6.45, 7) is 4.26. The lowest BCUT2D eigenvalue weighted by Crippen LogP contribution is -2.49. The predicted molar refractivity (Wildman–Crippen MR) is 107 cm³/mol. The summed E-state index contributed by atoms with van der Waals surface area (Å²) in [4.78, 5) is 24.7. The van der Waals surface area contributed by atoms with Gasteiger partial charge in [0.1, 0.15) is 0 Å². The number of rotatable bonds is 15. The Bertz CT molecular complexity index is 575. The average Bonchev–Trinajstić information content (AvgIpc) is 2.84. The summed E-state index contributed by atoms with van der Waals surface area (Å²) in [5, 5.41) is 2.17. The quantitative estimate of drug-likeness (QED) is 0.240. The van der Waals surface area contributed by atoms with Gasteiger partial charge in [0.25, 0.3) is 16.0 Å². The maximum Gasteiger partial charge on any atom is 0.280 e. The van der Waals surface area contributed by atoms with Crippen LogP contribution < -0.4 is 5.32 Å². The monoisotopic (exact) mass is 403 g/mol. The second kappa shape index (κ2) is 11.8. The van der Waals surface area contributed by atoms with Crippen LogP contribution >= 0.6 is 0 Å². The van der Waals surface area contributed by atoms with Gasteiger partial charge in [0, 0.05) is 0 Å². The van der Waals surface area contributed by atoms with Crippen LogP contribution in [0.3, 0.4) is 0 Å². The van der Waals surface area contributed by atoms with Crippen molar-refractivity contribution in [2.24, 2.45) is 5.92 Å². The van der Waals surface area contributed by atoms with Crippen molar-refractivity contribution >= 4 is 21.9 Å². The van der Waals surface area contributed by atoms with E-state index >= 15 is 0 Å². The van der Waals surface area contributed by atoms with Crippen molar-refractivity contribution in [1.29, 1.82) is 0 Å². The van der Waals surface area contributed by atoms with E-state index in [0.717, 1.165) is 64.2 Å². The molecular weight excluding hydrogens is 366 g/mol. The first-order valence-electron chi connectivity index (χ1n) is 10.6. The lowest BCUT2D eigenvalue weighted by molar-refractivity contribution is -0.126. The molecule has 7 heteroatoms. The van der Waals surface area contributed by atoms with E-state index in [4.69, 9.17) is 0 Å². The van der Waals surface area contributed by atoms with Gasteiger partial charge in [-0.05, 0) is 12.8 Å². The number of nitrogens with one attached hydrogen (secondary N) is 1. The van der Waals surface area contributed by atoms with Crippen LogP contribution in [0, 0.1) is 5.92 Å². The highest BCUT2D eigenvalue weighted by Crippen LogP contribution is 2.40. The normalized spacial score (nSPS) is 23.0. The summed E-state index contributed by atoms with van der Waals surface area (Å²) in [6.07, 6.45) is 12.0. The van der Waals surface area contributed by atoms with Gasteiger partial charge in [-0.25, -0.2) is 0 Å². The number of carbonyl (C=O) groups excluding carboxylic acids is 2. The topological polar surface area (TPSA) is 101 Å². The second-order valence-electron chi connectivity index (χ2n) is 7.81. The fraction of sp³-hybridized carbons (Fsp3) is 0.900. The highest BCUT2D eigenvalue weighted by atomic mass is 32.2. The molecule has 6 nitrogen and oxygen atoms in total. The number of carbonyl (C=O) groups is 2. The molecule has 1 rings (SSSR count). The van der Waals surface area contributed by atoms with E-state index in [1.165, 1.54) is 0 Å². The Balaban J connectivity index is 2.74. The lowest BCUT2D eigenvalue weighted by Gasteiger charge is -2.28. The Morgan fingerprint density at radius 2 is 1.33 bits per heavy atom. The summed E-state index contributed by atoms with van der Waals surface area (Å²) >= 11 is 0. The van der Waals surface area contributed by atoms with Gasteiger partial charge in [-0.1, -0.05) is 90.9 Å². The first kappa shape index (κ1) is 24.1. The van der Waals surface area contributed by atoms with Crippen LogP contribution in [0.5, 0.6) is 0 Å². The van der Waals surface area contributed by atoms with Crippen molar-refractivity contribution in [3.8, 4) is 0 Å². The van der Waals surface area contributed by atoms with Gasteiger partial charge < -0.3 is 0 Å². The fourth-order valence-electron chi connectivity index (χ4n) is 4.05. The zero-order valence-corrected chi connectivity index (χ0v) is 17.8. The van der Waals surface area contributed by atoms with Crippen molar-refractivity contribution in [3.05, 3.63) is 0 Å². The summed E-state index contributed by atoms with van der Waals surface area (Å²) in [5.41, 5.74) is 0. The van der Waals surface area contributed by atoms with E-state index in [-0.39, 0.29) is 6.42 Å². The molecule has 2 unspecified atom stereocenters. The van der Waals surface area contributed by atoms with Crippen molar-refractivity contribution < 1.29 is 22.6 Å². The molecule has 2 N–H and O–H groups in total. The molecule has 1 aliphatic heterocycles. The number of unbranched alkanes of at least 4 members (excludes halogenated alkanes) is 10. The third-order valence-electron chi connectivity index (χ3n) is 5.71. The van der Waals surface area contributed by atoms with Crippen LogP contribution in [-0.4, -0.2) is 29.5 Å². The second-order valence-corrected chi connectivity index (χ2v) is 9.49. The van der Waals surface area contributed by atoms with E-state index in [1.54, 1.807) is 0 Å². The van der Waals surface area contributed by atoms with Crippen LogP contribution in [0.25, 0.3) is 0 Å². The Morgan fingerprint density at radius 3 is 1.85 bits per heavy atom.